The average Bonchev–Trinajstić information content (AvgIpc) is 2.89. The molecule has 37 heavy (non-hydrogen) atoms. The van der Waals surface area contributed by atoms with E-state index in [1.807, 2.05) is 48.5 Å². The summed E-state index contributed by atoms with van der Waals surface area (Å²) in [5.74, 6) is 1.61. The van der Waals surface area contributed by atoms with Crippen LogP contribution in [-0.4, -0.2) is 15.9 Å². The van der Waals surface area contributed by atoms with Gasteiger partial charge in [-0.25, -0.2) is 4.98 Å². The number of rotatable bonds is 6. The van der Waals surface area contributed by atoms with Gasteiger partial charge in [-0.1, -0.05) is 65.0 Å². The summed E-state index contributed by atoms with van der Waals surface area (Å²) in [6.07, 6.45) is 7.21. The van der Waals surface area contributed by atoms with E-state index in [4.69, 9.17) is 21.3 Å². The van der Waals surface area contributed by atoms with Crippen molar-refractivity contribution in [2.75, 3.05) is 0 Å². The van der Waals surface area contributed by atoms with Crippen LogP contribution in [0.25, 0.3) is 10.9 Å². The van der Waals surface area contributed by atoms with Crippen molar-refractivity contribution in [1.29, 1.82) is 0 Å². The van der Waals surface area contributed by atoms with Crippen LogP contribution in [0.2, 0.25) is 5.02 Å². The van der Waals surface area contributed by atoms with Gasteiger partial charge in [0.15, 0.2) is 0 Å². The van der Waals surface area contributed by atoms with Crippen LogP contribution < -0.4 is 10.3 Å². The average molecular weight is 709 g/mol. The Morgan fingerprint density at radius 1 is 1.03 bits per heavy atom. The van der Waals surface area contributed by atoms with Gasteiger partial charge in [-0.2, -0.15) is 9.78 Å². The molecule has 0 radical (unpaired) electrons. The van der Waals surface area contributed by atoms with Crippen LogP contribution in [0.1, 0.15) is 55.0 Å². The Morgan fingerprint density at radius 2 is 1.76 bits per heavy atom. The van der Waals surface area contributed by atoms with E-state index < -0.39 is 0 Å². The van der Waals surface area contributed by atoms with Gasteiger partial charge in [0.25, 0.3) is 5.56 Å². The number of ether oxygens (including phenoxy) is 1. The van der Waals surface area contributed by atoms with Gasteiger partial charge < -0.3 is 4.74 Å². The summed E-state index contributed by atoms with van der Waals surface area (Å²) in [6.45, 7) is 0.336. The third-order valence-electron chi connectivity index (χ3n) is 6.48. The monoisotopic (exact) mass is 705 g/mol. The van der Waals surface area contributed by atoms with Gasteiger partial charge in [0.05, 0.1) is 26.1 Å². The minimum Gasteiger partial charge on any atom is -0.486 e. The molecule has 0 saturated heterocycles. The molecular formula is C28H23Br3ClN3O2. The summed E-state index contributed by atoms with van der Waals surface area (Å²) >= 11 is 17.0. The van der Waals surface area contributed by atoms with E-state index in [1.54, 1.807) is 12.3 Å². The van der Waals surface area contributed by atoms with Crippen molar-refractivity contribution in [2.24, 2.45) is 5.10 Å². The van der Waals surface area contributed by atoms with Gasteiger partial charge in [-0.05, 0) is 86.7 Å². The molecule has 1 aliphatic rings. The lowest BCUT2D eigenvalue weighted by Gasteiger charge is -2.22. The summed E-state index contributed by atoms with van der Waals surface area (Å²) in [7, 11) is 0. The molecule has 190 valence electrons. The second kappa shape index (κ2) is 11.8. The number of hydrogen-bond acceptors (Lipinski definition) is 4. The molecule has 0 spiro atoms. The molecule has 1 heterocycles. The van der Waals surface area contributed by atoms with Crippen molar-refractivity contribution in [1.82, 2.24) is 9.66 Å². The second-order valence-electron chi connectivity index (χ2n) is 9.02. The van der Waals surface area contributed by atoms with E-state index in [2.05, 4.69) is 52.9 Å². The number of fused-ring (bicyclic) bond motifs is 1. The number of aromatic nitrogens is 2. The standard InChI is InChI=1S/C28H23Br3ClN3O2/c29-20-10-11-25-21(14-20)28(36)35(27(34-25)18-6-2-1-3-7-18)33-15-17-12-22(30)26(23(31)13-17)37-16-19-8-4-5-9-24(19)32/h4-5,8-15,18H,1-3,6-7,16H2. The van der Waals surface area contributed by atoms with Crippen LogP contribution >= 0.6 is 59.4 Å². The minimum atomic E-state index is -0.166. The van der Waals surface area contributed by atoms with Crippen molar-refractivity contribution < 1.29 is 4.74 Å². The Bertz CT molecular complexity index is 1520. The molecule has 9 heteroatoms. The van der Waals surface area contributed by atoms with Gasteiger partial charge in [0.2, 0.25) is 0 Å². The Labute approximate surface area is 245 Å². The van der Waals surface area contributed by atoms with Crippen LogP contribution in [0.4, 0.5) is 0 Å². The molecule has 5 rings (SSSR count). The normalized spacial score (nSPS) is 14.5. The zero-order valence-corrected chi connectivity index (χ0v) is 25.3. The van der Waals surface area contributed by atoms with E-state index in [0.717, 1.165) is 56.1 Å². The number of halogens is 4. The Hall–Kier alpha value is -2.00. The number of hydrogen-bond donors (Lipinski definition) is 0. The van der Waals surface area contributed by atoms with Gasteiger partial charge in [-0.3, -0.25) is 4.79 Å². The first-order valence-electron chi connectivity index (χ1n) is 12.0. The molecule has 0 atom stereocenters. The van der Waals surface area contributed by atoms with E-state index in [1.165, 1.54) is 11.1 Å². The summed E-state index contributed by atoms with van der Waals surface area (Å²) in [6, 6.07) is 17.0. The maximum absolute atomic E-state index is 13.5. The summed E-state index contributed by atoms with van der Waals surface area (Å²) in [4.78, 5) is 18.4. The highest BCUT2D eigenvalue weighted by atomic mass is 79.9. The Kier molecular flexibility index (Phi) is 8.49. The Balaban J connectivity index is 1.48. The SMILES string of the molecule is O=c1c2cc(Br)ccc2nc(C2CCCCC2)n1N=Cc1cc(Br)c(OCc2ccccc2Cl)c(Br)c1. The molecule has 1 aromatic heterocycles. The number of benzene rings is 3. The van der Waals surface area contributed by atoms with Crippen LogP contribution in [0.15, 0.2) is 77.9 Å². The lowest BCUT2D eigenvalue weighted by Crippen LogP contribution is -2.25. The Morgan fingerprint density at radius 3 is 2.49 bits per heavy atom. The first-order chi connectivity index (χ1) is 17.9. The summed E-state index contributed by atoms with van der Waals surface area (Å²) < 4.78 is 9.87. The molecular weight excluding hydrogens is 685 g/mol. The highest BCUT2D eigenvalue weighted by Gasteiger charge is 2.22. The smallest absolute Gasteiger partial charge is 0.282 e. The van der Waals surface area contributed by atoms with Crippen molar-refractivity contribution in [3.63, 3.8) is 0 Å². The van der Waals surface area contributed by atoms with Crippen LogP contribution in [0, 0.1) is 0 Å². The topological polar surface area (TPSA) is 56.5 Å². The second-order valence-corrected chi connectivity index (χ2v) is 12.1. The van der Waals surface area contributed by atoms with E-state index in [9.17, 15) is 4.79 Å². The summed E-state index contributed by atoms with van der Waals surface area (Å²) in [5.41, 5.74) is 2.24. The lowest BCUT2D eigenvalue weighted by molar-refractivity contribution is 0.302. The molecule has 0 aliphatic heterocycles. The summed E-state index contributed by atoms with van der Waals surface area (Å²) in [5, 5.41) is 5.85. The molecule has 5 nitrogen and oxygen atoms in total. The maximum Gasteiger partial charge on any atom is 0.282 e. The van der Waals surface area contributed by atoms with Crippen LogP contribution in [0.5, 0.6) is 5.75 Å². The predicted octanol–water partition coefficient (Wildman–Crippen LogP) is 8.85. The third kappa shape index (κ3) is 6.03. The van der Waals surface area contributed by atoms with Gasteiger partial charge in [0, 0.05) is 21.0 Å². The molecule has 0 unspecified atom stereocenters. The molecule has 0 bridgehead atoms. The molecule has 1 saturated carbocycles. The van der Waals surface area contributed by atoms with Crippen LogP contribution in [0.3, 0.4) is 0 Å². The van der Waals surface area contributed by atoms with Gasteiger partial charge in [0.1, 0.15) is 18.2 Å². The zero-order chi connectivity index (χ0) is 25.9. The van der Waals surface area contributed by atoms with Crippen molar-refractivity contribution in [2.45, 2.75) is 44.6 Å². The molecule has 1 aliphatic carbocycles. The number of nitrogens with zero attached hydrogens (tertiary/aromatic N) is 3. The van der Waals surface area contributed by atoms with E-state index in [0.29, 0.717) is 28.3 Å². The van der Waals surface area contributed by atoms with Crippen LogP contribution in [-0.2, 0) is 6.61 Å². The molecule has 0 N–H and O–H groups in total. The molecule has 3 aromatic carbocycles. The van der Waals surface area contributed by atoms with Crippen molar-refractivity contribution in [3.8, 4) is 5.75 Å². The lowest BCUT2D eigenvalue weighted by atomic mass is 9.88. The fourth-order valence-electron chi connectivity index (χ4n) is 4.58. The highest BCUT2D eigenvalue weighted by Crippen LogP contribution is 2.36. The van der Waals surface area contributed by atoms with Crippen molar-refractivity contribution in [3.05, 3.63) is 100 Å². The first kappa shape index (κ1) is 26.6. The fraction of sp³-hybridized carbons (Fsp3) is 0.250. The quantitative estimate of drug-likeness (QED) is 0.188. The molecule has 0 amide bonds. The van der Waals surface area contributed by atoms with E-state index >= 15 is 0 Å². The van der Waals surface area contributed by atoms with Gasteiger partial charge >= 0.3 is 0 Å². The van der Waals surface area contributed by atoms with Crippen molar-refractivity contribution >= 4 is 76.5 Å². The molecule has 1 fully saturated rings. The highest BCUT2D eigenvalue weighted by molar-refractivity contribution is 9.11. The molecule has 4 aromatic rings. The predicted molar refractivity (Wildman–Crippen MR) is 160 cm³/mol. The third-order valence-corrected chi connectivity index (χ3v) is 8.52. The van der Waals surface area contributed by atoms with E-state index in [-0.39, 0.29) is 11.5 Å². The largest absolute Gasteiger partial charge is 0.486 e. The fourth-order valence-corrected chi connectivity index (χ4v) is 6.59. The van der Waals surface area contributed by atoms with Gasteiger partial charge in [-0.15, -0.1) is 0 Å². The minimum absolute atomic E-state index is 0.166. The maximum atomic E-state index is 13.5. The first-order valence-corrected chi connectivity index (χ1v) is 14.8. The zero-order valence-electron chi connectivity index (χ0n) is 19.8.